The van der Waals surface area contributed by atoms with Crippen LogP contribution >= 0.6 is 0 Å². The fraction of sp³-hybridized carbons (Fsp3) is 0.719. The molecule has 1 unspecified atom stereocenters. The van der Waals surface area contributed by atoms with Crippen LogP contribution in [0.5, 0.6) is 0 Å². The number of fused-ring (bicyclic) bond motifs is 3. The van der Waals surface area contributed by atoms with Gasteiger partial charge in [0.1, 0.15) is 6.54 Å². The molecule has 2 aromatic rings. The van der Waals surface area contributed by atoms with E-state index in [0.717, 1.165) is 43.4 Å². The Balaban J connectivity index is 1.47. The van der Waals surface area contributed by atoms with Crippen LogP contribution in [-0.2, 0) is 16.1 Å². The number of aromatic nitrogens is 2. The molecular weight excluding hydrogens is 490 g/mol. The van der Waals surface area contributed by atoms with E-state index >= 15 is 0 Å². The maximum absolute atomic E-state index is 13.9. The van der Waals surface area contributed by atoms with Crippen molar-refractivity contribution < 1.29 is 9.53 Å². The predicted octanol–water partition coefficient (Wildman–Crippen LogP) is 5.53. The van der Waals surface area contributed by atoms with Gasteiger partial charge in [-0.05, 0) is 88.2 Å². The Hall–Kier alpha value is -2.41. The average molecular weight is 538 g/mol. The van der Waals surface area contributed by atoms with E-state index in [4.69, 9.17) is 4.74 Å². The fourth-order valence-corrected chi connectivity index (χ4v) is 8.37. The van der Waals surface area contributed by atoms with Crippen molar-refractivity contribution in [2.45, 2.75) is 123 Å². The van der Waals surface area contributed by atoms with E-state index in [1.54, 1.807) is 25.1 Å². The fourth-order valence-electron chi connectivity index (χ4n) is 8.37. The van der Waals surface area contributed by atoms with E-state index < -0.39 is 5.97 Å². The van der Waals surface area contributed by atoms with Crippen molar-refractivity contribution in [3.05, 3.63) is 45.1 Å². The van der Waals surface area contributed by atoms with Gasteiger partial charge in [0.2, 0.25) is 0 Å². The molecule has 2 saturated heterocycles. The quantitative estimate of drug-likeness (QED) is 0.454. The van der Waals surface area contributed by atoms with Gasteiger partial charge >= 0.3 is 11.7 Å². The molecular formula is C32H47N3O4. The van der Waals surface area contributed by atoms with Gasteiger partial charge < -0.3 is 4.74 Å². The molecule has 3 aliphatic rings. The van der Waals surface area contributed by atoms with Gasteiger partial charge in [-0.2, -0.15) is 0 Å². The lowest BCUT2D eigenvalue weighted by atomic mass is 9.74. The van der Waals surface area contributed by atoms with E-state index in [1.807, 2.05) is 6.07 Å². The third-order valence-electron chi connectivity index (χ3n) is 9.86. The molecule has 2 aliphatic heterocycles. The molecule has 1 saturated carbocycles. The monoisotopic (exact) mass is 537 g/mol. The molecule has 1 aliphatic carbocycles. The van der Waals surface area contributed by atoms with E-state index in [9.17, 15) is 14.4 Å². The highest BCUT2D eigenvalue weighted by Gasteiger charge is 2.44. The molecule has 214 valence electrons. The maximum Gasteiger partial charge on any atom is 0.332 e. The van der Waals surface area contributed by atoms with Crippen LogP contribution in [-0.4, -0.2) is 44.7 Å². The van der Waals surface area contributed by atoms with Crippen molar-refractivity contribution >= 4 is 16.9 Å². The summed E-state index contributed by atoms with van der Waals surface area (Å²) in [6.07, 6.45) is 11.6. The van der Waals surface area contributed by atoms with Crippen molar-refractivity contribution in [2.24, 2.45) is 17.8 Å². The van der Waals surface area contributed by atoms with Crippen LogP contribution in [0.15, 0.2) is 33.9 Å². The van der Waals surface area contributed by atoms with E-state index in [-0.39, 0.29) is 30.4 Å². The standard InChI is InChI=1S/C32H47N3O4/c1-5-23-14-21(3)16-26(17-22(4)15-23)34-24-10-9-11-25(34)19-27(18-24)35-31(37)28-12-7-8-13-29(28)33(32(35)38)20-30(36)39-6-2/h7-8,12-13,21-27H,5-6,9-11,14-20H2,1-4H3/t21-,22+,23?,24-,25+,26-,27+. The third kappa shape index (κ3) is 5.75. The lowest BCUT2D eigenvalue weighted by Gasteiger charge is -2.53. The summed E-state index contributed by atoms with van der Waals surface area (Å²) in [5, 5.41) is 0.488. The highest BCUT2D eigenvalue weighted by Crippen LogP contribution is 2.43. The van der Waals surface area contributed by atoms with Gasteiger partial charge in [-0.1, -0.05) is 45.7 Å². The first kappa shape index (κ1) is 28.1. The lowest BCUT2D eigenvalue weighted by molar-refractivity contribution is -0.143. The zero-order chi connectivity index (χ0) is 27.7. The number of para-hydroxylation sites is 1. The summed E-state index contributed by atoms with van der Waals surface area (Å²) in [5.41, 5.74) is -0.120. The van der Waals surface area contributed by atoms with Gasteiger partial charge in [0.15, 0.2) is 0 Å². The molecule has 0 amide bonds. The minimum atomic E-state index is -0.459. The second-order valence-corrected chi connectivity index (χ2v) is 12.8. The first-order valence-corrected chi connectivity index (χ1v) is 15.5. The molecule has 0 N–H and O–H groups in total. The molecule has 7 atom stereocenters. The number of hydrogen-bond acceptors (Lipinski definition) is 5. The van der Waals surface area contributed by atoms with Crippen molar-refractivity contribution in [1.82, 2.24) is 14.0 Å². The lowest BCUT2D eigenvalue weighted by Crippen LogP contribution is -2.59. The highest BCUT2D eigenvalue weighted by atomic mass is 16.5. The average Bonchev–Trinajstić information content (AvgIpc) is 2.89. The van der Waals surface area contributed by atoms with Crippen LogP contribution < -0.4 is 11.2 Å². The van der Waals surface area contributed by atoms with Gasteiger partial charge in [0.05, 0.1) is 17.5 Å². The van der Waals surface area contributed by atoms with Crippen LogP contribution in [0.2, 0.25) is 0 Å². The zero-order valence-corrected chi connectivity index (χ0v) is 24.3. The van der Waals surface area contributed by atoms with Crippen molar-refractivity contribution in [1.29, 1.82) is 0 Å². The predicted molar refractivity (Wildman–Crippen MR) is 155 cm³/mol. The number of carbonyl (C=O) groups excluding carboxylic acids is 1. The molecule has 5 rings (SSSR count). The summed E-state index contributed by atoms with van der Waals surface area (Å²) in [6.45, 7) is 9.05. The zero-order valence-electron chi connectivity index (χ0n) is 24.3. The Labute approximate surface area is 232 Å². The van der Waals surface area contributed by atoms with Gasteiger partial charge in [-0.15, -0.1) is 0 Å². The van der Waals surface area contributed by atoms with E-state index in [0.29, 0.717) is 29.0 Å². The summed E-state index contributed by atoms with van der Waals surface area (Å²) in [5.74, 6) is 1.84. The number of esters is 1. The summed E-state index contributed by atoms with van der Waals surface area (Å²) in [4.78, 5) is 42.9. The third-order valence-corrected chi connectivity index (χ3v) is 9.86. The molecule has 7 heteroatoms. The van der Waals surface area contributed by atoms with Crippen LogP contribution in [0.1, 0.15) is 97.9 Å². The number of hydrogen-bond donors (Lipinski definition) is 0. The summed E-state index contributed by atoms with van der Waals surface area (Å²) in [7, 11) is 0. The molecule has 2 bridgehead atoms. The summed E-state index contributed by atoms with van der Waals surface area (Å²) < 4.78 is 8.09. The second-order valence-electron chi connectivity index (χ2n) is 12.8. The molecule has 39 heavy (non-hydrogen) atoms. The van der Waals surface area contributed by atoms with Crippen LogP contribution in [0.25, 0.3) is 10.9 Å². The number of ether oxygens (including phenoxy) is 1. The minimum absolute atomic E-state index is 0.150. The van der Waals surface area contributed by atoms with Crippen LogP contribution in [0.3, 0.4) is 0 Å². The summed E-state index contributed by atoms with van der Waals surface area (Å²) in [6, 6.07) is 8.36. The van der Waals surface area contributed by atoms with Crippen LogP contribution in [0, 0.1) is 17.8 Å². The van der Waals surface area contributed by atoms with Gasteiger partial charge in [-0.25, -0.2) is 4.79 Å². The minimum Gasteiger partial charge on any atom is -0.465 e. The molecule has 3 fully saturated rings. The van der Waals surface area contributed by atoms with Gasteiger partial charge in [0, 0.05) is 24.2 Å². The Morgan fingerprint density at radius 2 is 1.51 bits per heavy atom. The molecule has 7 nitrogen and oxygen atoms in total. The molecule has 1 aromatic carbocycles. The molecule has 0 radical (unpaired) electrons. The Morgan fingerprint density at radius 3 is 2.13 bits per heavy atom. The normalized spacial score (nSPS) is 31.9. The Morgan fingerprint density at radius 1 is 0.872 bits per heavy atom. The van der Waals surface area contributed by atoms with Crippen LogP contribution in [0.4, 0.5) is 0 Å². The number of nitrogens with zero attached hydrogens (tertiary/aromatic N) is 3. The van der Waals surface area contributed by atoms with E-state index in [1.165, 1.54) is 47.7 Å². The first-order valence-electron chi connectivity index (χ1n) is 15.5. The SMILES string of the molecule is CCOC(=O)Cn1c(=O)n([C@H]2C[C@H]3CCC[C@@H](C2)N3[C@@H]2C[C@H](C)CC(CC)C[C@H](C)C2)c(=O)c2ccccc21. The largest absolute Gasteiger partial charge is 0.465 e. The maximum atomic E-state index is 13.9. The highest BCUT2D eigenvalue weighted by molar-refractivity contribution is 5.80. The molecule has 3 heterocycles. The van der Waals surface area contributed by atoms with Crippen molar-refractivity contribution in [3.8, 4) is 0 Å². The smallest absolute Gasteiger partial charge is 0.332 e. The second kappa shape index (κ2) is 12.0. The molecule has 0 spiro atoms. The topological polar surface area (TPSA) is 73.5 Å². The van der Waals surface area contributed by atoms with Gasteiger partial charge in [0.25, 0.3) is 5.56 Å². The number of carbonyl (C=O) groups is 1. The molecule has 1 aromatic heterocycles. The summed E-state index contributed by atoms with van der Waals surface area (Å²) >= 11 is 0. The van der Waals surface area contributed by atoms with Crippen molar-refractivity contribution in [3.63, 3.8) is 0 Å². The number of rotatable bonds is 6. The Kier molecular flexibility index (Phi) is 8.65. The van der Waals surface area contributed by atoms with E-state index in [2.05, 4.69) is 25.7 Å². The first-order chi connectivity index (χ1) is 18.8. The van der Waals surface area contributed by atoms with Gasteiger partial charge in [-0.3, -0.25) is 23.6 Å². The number of benzene rings is 1. The number of piperidine rings is 2. The van der Waals surface area contributed by atoms with Crippen molar-refractivity contribution in [2.75, 3.05) is 6.61 Å². The Bertz CT molecular complexity index is 1250.